The molecule has 56 heavy (non-hydrogen) atoms. The molecule has 11 aromatic rings. The summed E-state index contributed by atoms with van der Waals surface area (Å²) in [6, 6.07) is 80.5. The molecule has 0 heterocycles. The van der Waals surface area contributed by atoms with E-state index in [0.717, 1.165) is 0 Å². The molecule has 260 valence electrons. The number of benzene rings is 11. The second-order valence-corrected chi connectivity index (χ2v) is 14.9. The van der Waals surface area contributed by atoms with Crippen molar-refractivity contribution < 1.29 is 0 Å². The lowest BCUT2D eigenvalue weighted by atomic mass is 9.87. The van der Waals surface area contributed by atoms with Gasteiger partial charge >= 0.3 is 0 Å². The Balaban J connectivity index is 1.07. The average Bonchev–Trinajstić information content (AvgIpc) is 3.27. The minimum absolute atomic E-state index is 1.21. The van der Waals surface area contributed by atoms with Crippen LogP contribution >= 0.6 is 0 Å². The van der Waals surface area contributed by atoms with Gasteiger partial charge in [-0.15, -0.1) is 0 Å². The maximum Gasteiger partial charge on any atom is -0.00204 e. The van der Waals surface area contributed by atoms with Gasteiger partial charge in [0.05, 0.1) is 0 Å². The third-order valence-corrected chi connectivity index (χ3v) is 11.6. The summed E-state index contributed by atoms with van der Waals surface area (Å²) < 4.78 is 0. The molecule has 0 aliphatic heterocycles. The van der Waals surface area contributed by atoms with Crippen LogP contribution in [-0.4, -0.2) is 0 Å². The topological polar surface area (TPSA) is 0 Å². The molecule has 0 aliphatic rings. The van der Waals surface area contributed by atoms with Crippen molar-refractivity contribution in [1.29, 1.82) is 0 Å². The molecule has 0 unspecified atom stereocenters. The van der Waals surface area contributed by atoms with Crippen molar-refractivity contribution in [3.8, 4) is 55.6 Å². The smallest absolute Gasteiger partial charge is 0.00204 e. The van der Waals surface area contributed by atoms with Crippen LogP contribution in [-0.2, 0) is 0 Å². The lowest BCUT2D eigenvalue weighted by Gasteiger charge is -2.17. The zero-order valence-corrected chi connectivity index (χ0v) is 30.8. The fraction of sp³-hybridized carbons (Fsp3) is 0. The highest BCUT2D eigenvalue weighted by Gasteiger charge is 2.15. The summed E-state index contributed by atoms with van der Waals surface area (Å²) in [5, 5.41) is 12.5. The van der Waals surface area contributed by atoms with Gasteiger partial charge in [0.15, 0.2) is 0 Å². The second kappa shape index (κ2) is 13.2. The van der Waals surface area contributed by atoms with E-state index >= 15 is 0 Å². The van der Waals surface area contributed by atoms with Crippen molar-refractivity contribution >= 4 is 53.9 Å². The molecule has 0 nitrogen and oxygen atoms in total. The van der Waals surface area contributed by atoms with E-state index in [1.54, 1.807) is 0 Å². The number of hydrogen-bond acceptors (Lipinski definition) is 0. The zero-order chi connectivity index (χ0) is 37.0. The van der Waals surface area contributed by atoms with Crippen LogP contribution in [0.15, 0.2) is 218 Å². The minimum atomic E-state index is 1.21. The molecule has 0 amide bonds. The van der Waals surface area contributed by atoms with Crippen LogP contribution in [0.25, 0.3) is 109 Å². The number of rotatable bonds is 5. The van der Waals surface area contributed by atoms with Gasteiger partial charge in [0.1, 0.15) is 0 Å². The predicted molar refractivity (Wildman–Crippen MR) is 241 cm³/mol. The Bertz CT molecular complexity index is 3300. The molecule has 0 radical (unpaired) electrons. The molecule has 0 spiro atoms. The van der Waals surface area contributed by atoms with Crippen LogP contribution in [0.3, 0.4) is 0 Å². The monoisotopic (exact) mass is 708 g/mol. The Kier molecular flexibility index (Phi) is 7.60. The van der Waals surface area contributed by atoms with Crippen molar-refractivity contribution in [2.24, 2.45) is 0 Å². The predicted octanol–water partition coefficient (Wildman–Crippen LogP) is 15.8. The molecular formula is C56H36. The van der Waals surface area contributed by atoms with E-state index in [-0.39, 0.29) is 0 Å². The molecule has 11 rings (SSSR count). The van der Waals surface area contributed by atoms with Crippen molar-refractivity contribution in [2.45, 2.75) is 0 Å². The van der Waals surface area contributed by atoms with Crippen LogP contribution < -0.4 is 0 Å². The Morgan fingerprint density at radius 1 is 0.179 bits per heavy atom. The number of hydrogen-bond donors (Lipinski definition) is 0. The molecule has 0 bridgehead atoms. The van der Waals surface area contributed by atoms with Gasteiger partial charge in [0.2, 0.25) is 0 Å². The van der Waals surface area contributed by atoms with E-state index in [2.05, 4.69) is 218 Å². The molecule has 0 heteroatoms. The van der Waals surface area contributed by atoms with Crippen LogP contribution in [0.1, 0.15) is 0 Å². The summed E-state index contributed by atoms with van der Waals surface area (Å²) in [5.41, 5.74) is 12.3. The Morgan fingerprint density at radius 2 is 0.607 bits per heavy atom. The first-order valence-corrected chi connectivity index (χ1v) is 19.4. The molecule has 0 aromatic heterocycles. The Morgan fingerprint density at radius 3 is 1.21 bits per heavy atom. The van der Waals surface area contributed by atoms with Crippen molar-refractivity contribution in [2.75, 3.05) is 0 Å². The van der Waals surface area contributed by atoms with Crippen LogP contribution in [0, 0.1) is 0 Å². The van der Waals surface area contributed by atoms with E-state index in [0.29, 0.717) is 0 Å². The van der Waals surface area contributed by atoms with Crippen LogP contribution in [0.2, 0.25) is 0 Å². The highest BCUT2D eigenvalue weighted by Crippen LogP contribution is 2.43. The fourth-order valence-electron chi connectivity index (χ4n) is 8.71. The summed E-state index contributed by atoms with van der Waals surface area (Å²) in [4.78, 5) is 0. The molecule has 0 saturated heterocycles. The van der Waals surface area contributed by atoms with Crippen LogP contribution in [0.5, 0.6) is 0 Å². The average molecular weight is 709 g/mol. The summed E-state index contributed by atoms with van der Waals surface area (Å²) in [5.74, 6) is 0. The first-order chi connectivity index (χ1) is 27.7. The van der Waals surface area contributed by atoms with Crippen LogP contribution in [0.4, 0.5) is 0 Å². The quantitative estimate of drug-likeness (QED) is 0.156. The molecule has 0 N–H and O–H groups in total. The zero-order valence-electron chi connectivity index (χ0n) is 30.8. The maximum absolute atomic E-state index is 2.41. The largest absolute Gasteiger partial charge is 0.0616 e. The fourth-order valence-corrected chi connectivity index (χ4v) is 8.71. The SMILES string of the molecule is c1cc(-c2ccc3ccccc3c2)cc(-c2ccc3c(-c4cccc5ccccc45)c4cc(-c5cccc(-c6ccc7ccccc7c6)c5)ccc4cc3c2)c1. The molecule has 0 saturated carbocycles. The maximum atomic E-state index is 2.41. The van der Waals surface area contributed by atoms with Crippen molar-refractivity contribution in [3.05, 3.63) is 218 Å². The van der Waals surface area contributed by atoms with E-state index < -0.39 is 0 Å². The van der Waals surface area contributed by atoms with Gasteiger partial charge < -0.3 is 0 Å². The molecule has 0 aliphatic carbocycles. The third-order valence-electron chi connectivity index (χ3n) is 11.6. The lowest BCUT2D eigenvalue weighted by Crippen LogP contribution is -1.90. The highest BCUT2D eigenvalue weighted by atomic mass is 14.2. The normalized spacial score (nSPS) is 11.6. The van der Waals surface area contributed by atoms with Crippen molar-refractivity contribution in [3.63, 3.8) is 0 Å². The van der Waals surface area contributed by atoms with Crippen molar-refractivity contribution in [1.82, 2.24) is 0 Å². The molecule has 11 aromatic carbocycles. The van der Waals surface area contributed by atoms with Gasteiger partial charge in [-0.25, -0.2) is 0 Å². The Hall–Kier alpha value is -7.28. The number of fused-ring (bicyclic) bond motifs is 5. The van der Waals surface area contributed by atoms with E-state index in [1.807, 2.05) is 0 Å². The van der Waals surface area contributed by atoms with Gasteiger partial charge in [-0.3, -0.25) is 0 Å². The van der Waals surface area contributed by atoms with E-state index in [9.17, 15) is 0 Å². The summed E-state index contributed by atoms with van der Waals surface area (Å²) in [6.45, 7) is 0. The lowest BCUT2D eigenvalue weighted by molar-refractivity contribution is 1.61. The second-order valence-electron chi connectivity index (χ2n) is 14.9. The van der Waals surface area contributed by atoms with Gasteiger partial charge in [0.25, 0.3) is 0 Å². The summed E-state index contributed by atoms with van der Waals surface area (Å²) >= 11 is 0. The molecular weight excluding hydrogens is 673 g/mol. The standard InChI is InChI=1S/C56H36/c1-3-13-40-30-46(24-22-37(40)10-1)42-16-7-18-44(32-42)48-28-29-53-51(34-48)35-50-27-26-49(36-55(50)56(53)54-21-9-15-39-12-5-6-20-52(39)54)45-19-8-17-43(33-45)47-25-23-38-11-2-4-14-41(38)31-47/h1-36H. The summed E-state index contributed by atoms with van der Waals surface area (Å²) in [6.07, 6.45) is 0. The van der Waals surface area contributed by atoms with E-state index in [1.165, 1.54) is 109 Å². The van der Waals surface area contributed by atoms with Gasteiger partial charge in [-0.05, 0) is 152 Å². The van der Waals surface area contributed by atoms with E-state index in [4.69, 9.17) is 0 Å². The van der Waals surface area contributed by atoms with Gasteiger partial charge in [-0.2, -0.15) is 0 Å². The van der Waals surface area contributed by atoms with Gasteiger partial charge in [-0.1, -0.05) is 176 Å². The molecule has 0 fully saturated rings. The van der Waals surface area contributed by atoms with Gasteiger partial charge in [0, 0.05) is 0 Å². The molecule has 0 atom stereocenters. The highest BCUT2D eigenvalue weighted by molar-refractivity contribution is 6.18. The Labute approximate surface area is 326 Å². The first-order valence-electron chi connectivity index (χ1n) is 19.4. The third kappa shape index (κ3) is 5.63. The summed E-state index contributed by atoms with van der Waals surface area (Å²) in [7, 11) is 0. The first kappa shape index (κ1) is 32.2. The minimum Gasteiger partial charge on any atom is -0.0616 e.